The van der Waals surface area contributed by atoms with Crippen LogP contribution in [0.1, 0.15) is 24.3 Å². The number of rotatable bonds is 4. The SMILES string of the molecule is O=C(CC(F)(F)F)NC[C@@H]1C[C@H]1c1cccc2c1OCCO2. The summed E-state index contributed by atoms with van der Waals surface area (Å²) in [4.78, 5) is 11.2. The maximum atomic E-state index is 12.1. The summed E-state index contributed by atoms with van der Waals surface area (Å²) in [5, 5.41) is 2.35. The summed E-state index contributed by atoms with van der Waals surface area (Å²) in [5.74, 6) is 0.795. The molecular formula is C15H16F3NO3. The van der Waals surface area contributed by atoms with Gasteiger partial charge in [-0.3, -0.25) is 4.79 Å². The van der Waals surface area contributed by atoms with Crippen LogP contribution < -0.4 is 14.8 Å². The molecule has 0 radical (unpaired) electrons. The van der Waals surface area contributed by atoms with Crippen molar-refractivity contribution >= 4 is 5.91 Å². The number of fused-ring (bicyclic) bond motifs is 1. The van der Waals surface area contributed by atoms with E-state index in [1.165, 1.54) is 0 Å². The van der Waals surface area contributed by atoms with E-state index < -0.39 is 18.5 Å². The highest BCUT2D eigenvalue weighted by atomic mass is 19.4. The minimum atomic E-state index is -4.46. The van der Waals surface area contributed by atoms with Gasteiger partial charge in [-0.15, -0.1) is 0 Å². The van der Waals surface area contributed by atoms with Gasteiger partial charge in [-0.05, 0) is 24.3 Å². The Morgan fingerprint density at radius 2 is 2.05 bits per heavy atom. The number of para-hydroxylation sites is 1. The third-order valence-electron chi connectivity index (χ3n) is 3.84. The monoisotopic (exact) mass is 315 g/mol. The third-order valence-corrected chi connectivity index (χ3v) is 3.84. The van der Waals surface area contributed by atoms with Crippen molar-refractivity contribution in [2.75, 3.05) is 19.8 Å². The Labute approximate surface area is 125 Å². The Morgan fingerprint density at radius 3 is 2.82 bits per heavy atom. The average molecular weight is 315 g/mol. The largest absolute Gasteiger partial charge is 0.486 e. The van der Waals surface area contributed by atoms with Crippen LogP contribution in [0.25, 0.3) is 0 Å². The van der Waals surface area contributed by atoms with Crippen LogP contribution in [-0.4, -0.2) is 31.8 Å². The Balaban J connectivity index is 1.56. The van der Waals surface area contributed by atoms with Gasteiger partial charge in [0, 0.05) is 12.1 Å². The maximum Gasteiger partial charge on any atom is 0.397 e. The number of nitrogens with one attached hydrogen (secondary N) is 1. The van der Waals surface area contributed by atoms with Crippen molar-refractivity contribution in [3.05, 3.63) is 23.8 Å². The molecule has 1 aromatic rings. The van der Waals surface area contributed by atoms with Gasteiger partial charge in [0.1, 0.15) is 19.6 Å². The summed E-state index contributed by atoms with van der Waals surface area (Å²) < 4.78 is 47.4. The molecule has 1 N–H and O–H groups in total. The maximum absolute atomic E-state index is 12.1. The van der Waals surface area contributed by atoms with Gasteiger partial charge in [0.15, 0.2) is 11.5 Å². The zero-order valence-corrected chi connectivity index (χ0v) is 11.8. The molecule has 4 nitrogen and oxygen atoms in total. The van der Waals surface area contributed by atoms with Gasteiger partial charge in [-0.2, -0.15) is 13.2 Å². The van der Waals surface area contributed by atoms with Crippen LogP contribution in [0, 0.1) is 5.92 Å². The fourth-order valence-electron chi connectivity index (χ4n) is 2.73. The van der Waals surface area contributed by atoms with E-state index in [0.29, 0.717) is 19.0 Å². The lowest BCUT2D eigenvalue weighted by molar-refractivity contribution is -0.153. The minimum Gasteiger partial charge on any atom is -0.486 e. The number of amides is 1. The molecule has 0 unspecified atom stereocenters. The van der Waals surface area contributed by atoms with Gasteiger partial charge < -0.3 is 14.8 Å². The predicted octanol–water partition coefficient (Wildman–Crippen LogP) is 2.63. The Hall–Kier alpha value is -1.92. The van der Waals surface area contributed by atoms with E-state index in [-0.39, 0.29) is 18.4 Å². The highest BCUT2D eigenvalue weighted by molar-refractivity contribution is 5.76. The molecule has 0 bridgehead atoms. The normalized spacial score (nSPS) is 23.0. The van der Waals surface area contributed by atoms with Crippen molar-refractivity contribution in [2.45, 2.75) is 24.9 Å². The fourth-order valence-corrected chi connectivity index (χ4v) is 2.73. The minimum absolute atomic E-state index is 0.147. The van der Waals surface area contributed by atoms with E-state index in [1.54, 1.807) is 0 Å². The molecule has 0 saturated heterocycles. The third kappa shape index (κ3) is 3.45. The number of benzene rings is 1. The molecule has 1 aliphatic heterocycles. The van der Waals surface area contributed by atoms with Crippen molar-refractivity contribution in [1.29, 1.82) is 0 Å². The Morgan fingerprint density at radius 1 is 1.27 bits per heavy atom. The molecule has 120 valence electrons. The van der Waals surface area contributed by atoms with Crippen LogP contribution >= 0.6 is 0 Å². The molecule has 1 aliphatic carbocycles. The number of alkyl halides is 3. The van der Waals surface area contributed by atoms with Crippen molar-refractivity contribution < 1.29 is 27.4 Å². The molecule has 1 amide bonds. The van der Waals surface area contributed by atoms with Crippen molar-refractivity contribution in [2.24, 2.45) is 5.92 Å². The van der Waals surface area contributed by atoms with Gasteiger partial charge in [0.2, 0.25) is 5.91 Å². The summed E-state index contributed by atoms with van der Waals surface area (Å²) >= 11 is 0. The molecule has 7 heteroatoms. The van der Waals surface area contributed by atoms with E-state index in [1.807, 2.05) is 18.2 Å². The lowest BCUT2D eigenvalue weighted by atomic mass is 10.1. The number of hydrogen-bond acceptors (Lipinski definition) is 3. The van der Waals surface area contributed by atoms with Gasteiger partial charge in [0.25, 0.3) is 0 Å². The summed E-state index contributed by atoms with van der Waals surface area (Å²) in [6, 6.07) is 5.65. The first kappa shape index (κ1) is 15.0. The fraction of sp³-hybridized carbons (Fsp3) is 0.533. The summed E-state index contributed by atoms with van der Waals surface area (Å²) in [6.45, 7) is 1.26. The molecule has 1 fully saturated rings. The number of hydrogen-bond donors (Lipinski definition) is 1. The quantitative estimate of drug-likeness (QED) is 0.929. The highest BCUT2D eigenvalue weighted by Crippen LogP contribution is 2.52. The molecule has 1 aromatic carbocycles. The van der Waals surface area contributed by atoms with Crippen LogP contribution in [0.5, 0.6) is 11.5 Å². The molecule has 3 rings (SSSR count). The van der Waals surface area contributed by atoms with E-state index >= 15 is 0 Å². The van der Waals surface area contributed by atoms with Crippen LogP contribution in [-0.2, 0) is 4.79 Å². The van der Waals surface area contributed by atoms with Crippen LogP contribution in [0.4, 0.5) is 13.2 Å². The summed E-state index contributed by atoms with van der Waals surface area (Å²) in [7, 11) is 0. The number of carbonyl (C=O) groups excluding carboxylic acids is 1. The van der Waals surface area contributed by atoms with Gasteiger partial charge in [-0.25, -0.2) is 0 Å². The van der Waals surface area contributed by atoms with Gasteiger partial charge in [-0.1, -0.05) is 12.1 Å². The van der Waals surface area contributed by atoms with Crippen LogP contribution in [0.2, 0.25) is 0 Å². The van der Waals surface area contributed by atoms with E-state index in [2.05, 4.69) is 5.32 Å². The molecule has 0 aromatic heterocycles. The van der Waals surface area contributed by atoms with E-state index in [9.17, 15) is 18.0 Å². The molecule has 1 saturated carbocycles. The average Bonchev–Trinajstić information content (AvgIpc) is 3.22. The van der Waals surface area contributed by atoms with Gasteiger partial charge in [0.05, 0.1) is 0 Å². The highest BCUT2D eigenvalue weighted by Gasteiger charge is 2.41. The molecular weight excluding hydrogens is 299 g/mol. The molecule has 2 aliphatic rings. The lowest BCUT2D eigenvalue weighted by Gasteiger charge is -2.21. The zero-order chi connectivity index (χ0) is 15.7. The first-order valence-corrected chi connectivity index (χ1v) is 7.16. The van der Waals surface area contributed by atoms with Crippen molar-refractivity contribution in [1.82, 2.24) is 5.32 Å². The second-order valence-electron chi connectivity index (χ2n) is 5.57. The Kier molecular flexibility index (Phi) is 3.88. The molecule has 1 heterocycles. The first-order valence-electron chi connectivity index (χ1n) is 7.16. The van der Waals surface area contributed by atoms with Crippen LogP contribution in [0.3, 0.4) is 0 Å². The van der Waals surface area contributed by atoms with E-state index in [4.69, 9.17) is 9.47 Å². The first-order chi connectivity index (χ1) is 10.4. The van der Waals surface area contributed by atoms with Gasteiger partial charge >= 0.3 is 6.18 Å². The molecule has 22 heavy (non-hydrogen) atoms. The number of carbonyl (C=O) groups is 1. The summed E-state index contributed by atoms with van der Waals surface area (Å²) in [6.07, 6.45) is -5.06. The zero-order valence-electron chi connectivity index (χ0n) is 11.8. The number of ether oxygens (including phenoxy) is 2. The topological polar surface area (TPSA) is 47.6 Å². The smallest absolute Gasteiger partial charge is 0.397 e. The van der Waals surface area contributed by atoms with E-state index in [0.717, 1.165) is 17.7 Å². The number of halogens is 3. The lowest BCUT2D eigenvalue weighted by Crippen LogP contribution is -2.30. The standard InChI is InChI=1S/C15H16F3NO3/c16-15(17,18)7-13(20)19-8-9-6-11(9)10-2-1-3-12-14(10)22-5-4-21-12/h1-3,9,11H,4-8H2,(H,19,20)/t9-,11+/m0/s1. The Bertz CT molecular complexity index is 574. The second kappa shape index (κ2) is 5.70. The summed E-state index contributed by atoms with van der Waals surface area (Å²) in [5.41, 5.74) is 1.01. The van der Waals surface area contributed by atoms with Crippen molar-refractivity contribution in [3.63, 3.8) is 0 Å². The second-order valence-corrected chi connectivity index (χ2v) is 5.57. The molecule has 0 spiro atoms. The predicted molar refractivity (Wildman–Crippen MR) is 72.0 cm³/mol. The van der Waals surface area contributed by atoms with Crippen LogP contribution in [0.15, 0.2) is 18.2 Å². The molecule has 2 atom stereocenters. The van der Waals surface area contributed by atoms with Crippen molar-refractivity contribution in [3.8, 4) is 11.5 Å².